The Labute approximate surface area is 185 Å². The lowest BCUT2D eigenvalue weighted by atomic mass is 10.1. The molecule has 0 aliphatic carbocycles. The molecule has 32 heavy (non-hydrogen) atoms. The largest absolute Gasteiger partial charge is 0.474 e. The maximum absolute atomic E-state index is 6.04. The number of aromatic amines is 1. The fourth-order valence-electron chi connectivity index (χ4n) is 3.76. The molecule has 1 aliphatic rings. The maximum Gasteiger partial charge on any atom is 0.233 e. The van der Waals surface area contributed by atoms with E-state index in [9.17, 15) is 0 Å². The van der Waals surface area contributed by atoms with Crippen LogP contribution >= 0.6 is 0 Å². The van der Waals surface area contributed by atoms with Crippen molar-refractivity contribution < 1.29 is 9.47 Å². The fraction of sp³-hybridized carbons (Fsp3) is 0.348. The Morgan fingerprint density at radius 2 is 1.81 bits per heavy atom. The average Bonchev–Trinajstić information content (AvgIpc) is 3.23. The molecular formula is C23H25N7O2. The van der Waals surface area contributed by atoms with Crippen molar-refractivity contribution in [1.82, 2.24) is 35.5 Å². The smallest absolute Gasteiger partial charge is 0.233 e. The highest BCUT2D eigenvalue weighted by atomic mass is 16.5. The lowest BCUT2D eigenvalue weighted by Gasteiger charge is -2.23. The molecule has 0 amide bonds. The molecule has 9 nitrogen and oxygen atoms in total. The number of hydrogen-bond acceptors (Lipinski definition) is 8. The van der Waals surface area contributed by atoms with Crippen molar-refractivity contribution in [2.75, 3.05) is 13.1 Å². The second-order valence-electron chi connectivity index (χ2n) is 8.07. The summed E-state index contributed by atoms with van der Waals surface area (Å²) in [6, 6.07) is 5.98. The van der Waals surface area contributed by atoms with Crippen molar-refractivity contribution in [3.05, 3.63) is 43.0 Å². The number of nitrogens with zero attached hydrogens (tertiary/aromatic N) is 5. The van der Waals surface area contributed by atoms with Crippen molar-refractivity contribution in [2.45, 2.75) is 38.9 Å². The molecule has 4 aromatic rings. The topological polar surface area (TPSA) is 111 Å². The summed E-state index contributed by atoms with van der Waals surface area (Å²) in [7, 11) is 0. The number of H-pyrrole nitrogens is 1. The van der Waals surface area contributed by atoms with Crippen LogP contribution in [0.4, 0.5) is 0 Å². The van der Waals surface area contributed by atoms with Crippen LogP contribution < -0.4 is 14.8 Å². The third kappa shape index (κ3) is 4.38. The highest BCUT2D eigenvalue weighted by Crippen LogP contribution is 2.30. The van der Waals surface area contributed by atoms with Gasteiger partial charge < -0.3 is 14.8 Å². The number of fused-ring (bicyclic) bond motifs is 1. The second kappa shape index (κ2) is 8.88. The molecule has 1 atom stereocenters. The van der Waals surface area contributed by atoms with Crippen molar-refractivity contribution in [2.24, 2.45) is 0 Å². The van der Waals surface area contributed by atoms with E-state index in [-0.39, 0.29) is 12.2 Å². The number of hydrogen-bond donors (Lipinski definition) is 2. The number of ether oxygens (including phenoxy) is 2. The molecule has 1 fully saturated rings. The predicted octanol–water partition coefficient (Wildman–Crippen LogP) is 3.39. The van der Waals surface area contributed by atoms with Crippen LogP contribution in [-0.2, 0) is 0 Å². The van der Waals surface area contributed by atoms with E-state index in [0.29, 0.717) is 23.1 Å². The van der Waals surface area contributed by atoms with Gasteiger partial charge in [0.2, 0.25) is 11.8 Å². The van der Waals surface area contributed by atoms with Crippen LogP contribution in [0.1, 0.15) is 26.7 Å². The highest BCUT2D eigenvalue weighted by Gasteiger charge is 2.17. The molecule has 0 radical (unpaired) electrons. The Hall–Kier alpha value is -3.59. The molecule has 9 heteroatoms. The summed E-state index contributed by atoms with van der Waals surface area (Å²) in [4.78, 5) is 17.9. The van der Waals surface area contributed by atoms with Gasteiger partial charge in [0.25, 0.3) is 0 Å². The Morgan fingerprint density at radius 3 is 2.62 bits per heavy atom. The highest BCUT2D eigenvalue weighted by molar-refractivity contribution is 5.94. The lowest BCUT2D eigenvalue weighted by Crippen LogP contribution is -2.37. The summed E-state index contributed by atoms with van der Waals surface area (Å²) in [6.45, 7) is 5.77. The van der Waals surface area contributed by atoms with E-state index in [0.717, 1.165) is 48.1 Å². The summed E-state index contributed by atoms with van der Waals surface area (Å²) < 4.78 is 11.7. The summed E-state index contributed by atoms with van der Waals surface area (Å²) in [5.74, 6) is 1.01. The van der Waals surface area contributed by atoms with E-state index in [1.807, 2.05) is 32.0 Å². The minimum atomic E-state index is 0.0277. The average molecular weight is 432 g/mol. The van der Waals surface area contributed by atoms with Gasteiger partial charge in [0.1, 0.15) is 17.5 Å². The van der Waals surface area contributed by atoms with Crippen molar-refractivity contribution >= 4 is 10.9 Å². The van der Waals surface area contributed by atoms with E-state index >= 15 is 0 Å². The molecule has 2 N–H and O–H groups in total. The first-order valence-corrected chi connectivity index (χ1v) is 10.8. The van der Waals surface area contributed by atoms with Gasteiger partial charge in [0, 0.05) is 17.5 Å². The Morgan fingerprint density at radius 1 is 1.00 bits per heavy atom. The van der Waals surface area contributed by atoms with Crippen molar-refractivity contribution in [3.63, 3.8) is 0 Å². The minimum Gasteiger partial charge on any atom is -0.474 e. The third-order valence-corrected chi connectivity index (χ3v) is 5.22. The standard InChI is InChI=1S/C23H25N7O2/c1-14(2)31-21-12-25-10-19(27-21)15-5-6-18-17(8-15)23(30-29-18)20-11-26-13-22(28-20)32-16-4-3-7-24-9-16/h5-6,8,10-14,16,24H,3-4,7,9H2,1-2H3,(H,29,30)/t16-/m1/s1. The first-order valence-electron chi connectivity index (χ1n) is 10.8. The lowest BCUT2D eigenvalue weighted by molar-refractivity contribution is 0.160. The molecule has 0 saturated carbocycles. The number of benzene rings is 1. The first kappa shape index (κ1) is 20.3. The fourth-order valence-corrected chi connectivity index (χ4v) is 3.76. The van der Waals surface area contributed by atoms with Crippen LogP contribution in [0.25, 0.3) is 33.5 Å². The predicted molar refractivity (Wildman–Crippen MR) is 120 cm³/mol. The molecule has 1 saturated heterocycles. The van der Waals surface area contributed by atoms with E-state index in [1.54, 1.807) is 24.8 Å². The van der Waals surface area contributed by atoms with Crippen LogP contribution in [0, 0.1) is 0 Å². The SMILES string of the molecule is CC(C)Oc1cncc(-c2ccc3[nH]nc(-c4cncc(O[C@@H]5CCCNC5)n4)c3c2)n1. The molecule has 3 aromatic heterocycles. The van der Waals surface area contributed by atoms with Crippen LogP contribution in [0.5, 0.6) is 11.8 Å². The van der Waals surface area contributed by atoms with E-state index in [2.05, 4.69) is 35.5 Å². The van der Waals surface area contributed by atoms with Gasteiger partial charge in [-0.2, -0.15) is 5.10 Å². The number of piperidine rings is 1. The zero-order chi connectivity index (χ0) is 21.9. The molecule has 0 unspecified atom stereocenters. The quantitative estimate of drug-likeness (QED) is 0.478. The van der Waals surface area contributed by atoms with Crippen LogP contribution in [0.3, 0.4) is 0 Å². The Bertz CT molecular complexity index is 1220. The summed E-state index contributed by atoms with van der Waals surface area (Å²) in [6.07, 6.45) is 8.92. The van der Waals surface area contributed by atoms with Gasteiger partial charge >= 0.3 is 0 Å². The van der Waals surface area contributed by atoms with Gasteiger partial charge in [0.15, 0.2) is 0 Å². The zero-order valence-electron chi connectivity index (χ0n) is 18.1. The van der Waals surface area contributed by atoms with Crippen LogP contribution in [-0.4, -0.2) is 55.4 Å². The van der Waals surface area contributed by atoms with Gasteiger partial charge in [-0.25, -0.2) is 9.97 Å². The van der Waals surface area contributed by atoms with Crippen LogP contribution in [0.2, 0.25) is 0 Å². The van der Waals surface area contributed by atoms with Gasteiger partial charge in [-0.15, -0.1) is 0 Å². The Balaban J connectivity index is 1.46. The van der Waals surface area contributed by atoms with Gasteiger partial charge in [-0.3, -0.25) is 15.1 Å². The normalized spacial score (nSPS) is 16.4. The maximum atomic E-state index is 6.04. The Kier molecular flexibility index (Phi) is 5.64. The third-order valence-electron chi connectivity index (χ3n) is 5.22. The molecule has 5 rings (SSSR count). The summed E-state index contributed by atoms with van der Waals surface area (Å²) in [5, 5.41) is 11.8. The molecule has 4 heterocycles. The summed E-state index contributed by atoms with van der Waals surface area (Å²) in [5.41, 5.74) is 3.90. The monoisotopic (exact) mass is 431 g/mol. The van der Waals surface area contributed by atoms with Gasteiger partial charge in [-0.1, -0.05) is 6.07 Å². The number of nitrogens with one attached hydrogen (secondary N) is 2. The first-order chi connectivity index (χ1) is 15.7. The molecule has 0 bridgehead atoms. The van der Waals surface area contributed by atoms with E-state index in [1.165, 1.54) is 0 Å². The molecule has 0 spiro atoms. The minimum absolute atomic E-state index is 0.0277. The van der Waals surface area contributed by atoms with Crippen molar-refractivity contribution in [3.8, 4) is 34.4 Å². The van der Waals surface area contributed by atoms with Crippen LogP contribution in [0.15, 0.2) is 43.0 Å². The molecule has 1 aromatic carbocycles. The number of aromatic nitrogens is 6. The van der Waals surface area contributed by atoms with Gasteiger partial charge in [0.05, 0.1) is 42.1 Å². The number of rotatable bonds is 6. The molecule has 164 valence electrons. The van der Waals surface area contributed by atoms with Gasteiger partial charge in [-0.05, 0) is 45.4 Å². The van der Waals surface area contributed by atoms with E-state index < -0.39 is 0 Å². The molecular weight excluding hydrogens is 406 g/mol. The zero-order valence-corrected chi connectivity index (χ0v) is 18.1. The molecule has 1 aliphatic heterocycles. The second-order valence-corrected chi connectivity index (χ2v) is 8.07. The van der Waals surface area contributed by atoms with Crippen molar-refractivity contribution in [1.29, 1.82) is 0 Å². The van der Waals surface area contributed by atoms with E-state index in [4.69, 9.17) is 9.47 Å². The summed E-state index contributed by atoms with van der Waals surface area (Å²) >= 11 is 0.